The highest BCUT2D eigenvalue weighted by Crippen LogP contribution is 2.43. The Labute approximate surface area is 68.3 Å². The molecule has 0 spiro atoms. The summed E-state index contributed by atoms with van der Waals surface area (Å²) >= 11 is 0. The molecule has 0 aromatic carbocycles. The molecule has 2 heteroatoms. The maximum Gasteiger partial charge on any atom is 0.0884 e. The Kier molecular flexibility index (Phi) is 1.52. The molecule has 2 aliphatic rings. The maximum absolute atomic E-state index is 5.53. The monoisotopic (exact) mass is 155 g/mol. The SMILES string of the molecule is CC1CCC2C1NOC2(C)C. The minimum Gasteiger partial charge on any atom is -0.295 e. The summed E-state index contributed by atoms with van der Waals surface area (Å²) in [7, 11) is 0. The fourth-order valence-electron chi connectivity index (χ4n) is 2.47. The summed E-state index contributed by atoms with van der Waals surface area (Å²) in [5.74, 6) is 1.53. The molecule has 2 rings (SSSR count). The van der Waals surface area contributed by atoms with Gasteiger partial charge < -0.3 is 0 Å². The zero-order valence-electron chi connectivity index (χ0n) is 7.55. The molecule has 0 aromatic rings. The minimum atomic E-state index is 0.0649. The lowest BCUT2D eigenvalue weighted by atomic mass is 9.87. The summed E-state index contributed by atoms with van der Waals surface area (Å²) in [5, 5.41) is 0. The van der Waals surface area contributed by atoms with Gasteiger partial charge in [-0.05, 0) is 32.6 Å². The van der Waals surface area contributed by atoms with Crippen LogP contribution in [-0.2, 0) is 4.84 Å². The van der Waals surface area contributed by atoms with E-state index in [4.69, 9.17) is 4.84 Å². The molecule has 1 N–H and O–H groups in total. The van der Waals surface area contributed by atoms with Crippen molar-refractivity contribution in [3.63, 3.8) is 0 Å². The second kappa shape index (κ2) is 2.20. The van der Waals surface area contributed by atoms with Crippen LogP contribution in [0, 0.1) is 11.8 Å². The first-order valence-corrected chi connectivity index (χ1v) is 4.55. The fourth-order valence-corrected chi connectivity index (χ4v) is 2.47. The molecule has 1 heterocycles. The third-order valence-corrected chi connectivity index (χ3v) is 3.33. The first-order chi connectivity index (χ1) is 5.11. The van der Waals surface area contributed by atoms with Crippen LogP contribution in [0.4, 0.5) is 0 Å². The van der Waals surface area contributed by atoms with E-state index in [1.165, 1.54) is 12.8 Å². The normalized spacial score (nSPS) is 47.7. The molecule has 0 amide bonds. The highest BCUT2D eigenvalue weighted by Gasteiger charge is 2.48. The second-order valence-corrected chi connectivity index (χ2v) is 4.51. The van der Waals surface area contributed by atoms with Gasteiger partial charge in [0, 0.05) is 12.0 Å². The van der Waals surface area contributed by atoms with E-state index < -0.39 is 0 Å². The Hall–Kier alpha value is -0.0800. The zero-order chi connectivity index (χ0) is 8.06. The summed E-state index contributed by atoms with van der Waals surface area (Å²) in [6.07, 6.45) is 2.68. The van der Waals surface area contributed by atoms with Crippen LogP contribution in [0.5, 0.6) is 0 Å². The van der Waals surface area contributed by atoms with E-state index in [0.29, 0.717) is 6.04 Å². The van der Waals surface area contributed by atoms with Crippen molar-refractivity contribution in [1.82, 2.24) is 5.48 Å². The Morgan fingerprint density at radius 1 is 1.36 bits per heavy atom. The Bertz CT molecular complexity index is 167. The molecule has 1 aliphatic heterocycles. The molecule has 1 aliphatic carbocycles. The van der Waals surface area contributed by atoms with Gasteiger partial charge in [0.15, 0.2) is 0 Å². The largest absolute Gasteiger partial charge is 0.295 e. The average molecular weight is 155 g/mol. The minimum absolute atomic E-state index is 0.0649. The van der Waals surface area contributed by atoms with Gasteiger partial charge in [0.05, 0.1) is 5.60 Å². The van der Waals surface area contributed by atoms with E-state index in [1.54, 1.807) is 0 Å². The molecule has 2 nitrogen and oxygen atoms in total. The number of hydroxylamine groups is 1. The van der Waals surface area contributed by atoms with E-state index >= 15 is 0 Å². The molecule has 64 valence electrons. The number of hydrogen-bond donors (Lipinski definition) is 1. The number of rotatable bonds is 0. The first kappa shape index (κ1) is 7.56. The van der Waals surface area contributed by atoms with Crippen molar-refractivity contribution < 1.29 is 4.84 Å². The van der Waals surface area contributed by atoms with E-state index in [-0.39, 0.29) is 5.60 Å². The van der Waals surface area contributed by atoms with E-state index in [9.17, 15) is 0 Å². The average Bonchev–Trinajstić information content (AvgIpc) is 2.39. The van der Waals surface area contributed by atoms with Gasteiger partial charge in [0.1, 0.15) is 0 Å². The van der Waals surface area contributed by atoms with Gasteiger partial charge in [-0.2, -0.15) is 5.48 Å². The van der Waals surface area contributed by atoms with E-state index in [0.717, 1.165) is 11.8 Å². The lowest BCUT2D eigenvalue weighted by Crippen LogP contribution is -2.30. The van der Waals surface area contributed by atoms with Crippen LogP contribution in [0.3, 0.4) is 0 Å². The predicted molar refractivity (Wildman–Crippen MR) is 44.0 cm³/mol. The Morgan fingerprint density at radius 3 is 2.73 bits per heavy atom. The molecule has 0 radical (unpaired) electrons. The van der Waals surface area contributed by atoms with Crippen LogP contribution >= 0.6 is 0 Å². The van der Waals surface area contributed by atoms with Gasteiger partial charge in [-0.3, -0.25) is 4.84 Å². The molecule has 3 unspecified atom stereocenters. The molecule has 1 saturated carbocycles. The van der Waals surface area contributed by atoms with Gasteiger partial charge in [0.25, 0.3) is 0 Å². The molecule has 0 aromatic heterocycles. The third-order valence-electron chi connectivity index (χ3n) is 3.33. The predicted octanol–water partition coefficient (Wildman–Crippen LogP) is 1.71. The summed E-state index contributed by atoms with van der Waals surface area (Å²) in [5.41, 5.74) is 3.22. The fraction of sp³-hybridized carbons (Fsp3) is 1.00. The Balaban J connectivity index is 2.17. The zero-order valence-corrected chi connectivity index (χ0v) is 7.55. The quantitative estimate of drug-likeness (QED) is 0.575. The topological polar surface area (TPSA) is 21.3 Å². The van der Waals surface area contributed by atoms with E-state index in [2.05, 4.69) is 26.3 Å². The highest BCUT2D eigenvalue weighted by molar-refractivity contribution is 4.98. The van der Waals surface area contributed by atoms with Gasteiger partial charge in [-0.25, -0.2) is 0 Å². The van der Waals surface area contributed by atoms with E-state index in [1.807, 2.05) is 0 Å². The molecular formula is C9H17NO. The van der Waals surface area contributed by atoms with Crippen LogP contribution in [0.2, 0.25) is 0 Å². The van der Waals surface area contributed by atoms with Gasteiger partial charge >= 0.3 is 0 Å². The molecule has 1 saturated heterocycles. The van der Waals surface area contributed by atoms with Crippen molar-refractivity contribution in [2.24, 2.45) is 11.8 Å². The van der Waals surface area contributed by atoms with Gasteiger partial charge in [-0.15, -0.1) is 0 Å². The highest BCUT2D eigenvalue weighted by atomic mass is 16.7. The summed E-state index contributed by atoms with van der Waals surface area (Å²) in [4.78, 5) is 5.53. The number of nitrogens with one attached hydrogen (secondary N) is 1. The first-order valence-electron chi connectivity index (χ1n) is 4.55. The Morgan fingerprint density at radius 2 is 2.09 bits per heavy atom. The second-order valence-electron chi connectivity index (χ2n) is 4.51. The summed E-state index contributed by atoms with van der Waals surface area (Å²) in [6, 6.07) is 0.616. The molecular weight excluding hydrogens is 138 g/mol. The van der Waals surface area contributed by atoms with Crippen molar-refractivity contribution in [3.05, 3.63) is 0 Å². The molecule has 0 bridgehead atoms. The summed E-state index contributed by atoms with van der Waals surface area (Å²) < 4.78 is 0. The lowest BCUT2D eigenvalue weighted by Gasteiger charge is -2.22. The lowest BCUT2D eigenvalue weighted by molar-refractivity contribution is -0.0502. The van der Waals surface area contributed by atoms with Crippen LogP contribution in [0.1, 0.15) is 33.6 Å². The van der Waals surface area contributed by atoms with Crippen LogP contribution < -0.4 is 5.48 Å². The van der Waals surface area contributed by atoms with Crippen LogP contribution in [0.15, 0.2) is 0 Å². The van der Waals surface area contributed by atoms with Crippen molar-refractivity contribution in [2.75, 3.05) is 0 Å². The van der Waals surface area contributed by atoms with Gasteiger partial charge in [-0.1, -0.05) is 6.92 Å². The van der Waals surface area contributed by atoms with Crippen molar-refractivity contribution in [2.45, 2.75) is 45.3 Å². The van der Waals surface area contributed by atoms with Crippen LogP contribution in [-0.4, -0.2) is 11.6 Å². The van der Waals surface area contributed by atoms with Crippen LogP contribution in [0.25, 0.3) is 0 Å². The van der Waals surface area contributed by atoms with Crippen molar-refractivity contribution in [1.29, 1.82) is 0 Å². The van der Waals surface area contributed by atoms with Crippen molar-refractivity contribution >= 4 is 0 Å². The summed E-state index contributed by atoms with van der Waals surface area (Å²) in [6.45, 7) is 6.67. The number of fused-ring (bicyclic) bond motifs is 1. The third kappa shape index (κ3) is 1.00. The number of hydrogen-bond acceptors (Lipinski definition) is 2. The van der Waals surface area contributed by atoms with Gasteiger partial charge in [0.2, 0.25) is 0 Å². The molecule has 11 heavy (non-hydrogen) atoms. The standard InChI is InChI=1S/C9H17NO/c1-6-4-5-7-8(6)10-11-9(7,2)3/h6-8,10H,4-5H2,1-3H3. The smallest absolute Gasteiger partial charge is 0.0884 e. The molecule has 3 atom stereocenters. The van der Waals surface area contributed by atoms with Crippen molar-refractivity contribution in [3.8, 4) is 0 Å². The molecule has 2 fully saturated rings. The maximum atomic E-state index is 5.53.